The van der Waals surface area contributed by atoms with Crippen molar-refractivity contribution < 1.29 is 13.2 Å². The zero-order valence-electron chi connectivity index (χ0n) is 8.77. The lowest BCUT2D eigenvalue weighted by Gasteiger charge is -2.23. The van der Waals surface area contributed by atoms with Crippen LogP contribution in [0.4, 0.5) is 13.2 Å². The highest BCUT2D eigenvalue weighted by Crippen LogP contribution is 2.16. The molecule has 0 bridgehead atoms. The van der Waals surface area contributed by atoms with Crippen LogP contribution in [-0.4, -0.2) is 36.8 Å². The van der Waals surface area contributed by atoms with Crippen LogP contribution in [0.25, 0.3) is 0 Å². The van der Waals surface area contributed by atoms with Crippen molar-refractivity contribution in [3.8, 4) is 0 Å². The van der Waals surface area contributed by atoms with Crippen LogP contribution in [0.2, 0.25) is 0 Å². The first-order valence-electron chi connectivity index (χ1n) is 4.93. The maximum absolute atomic E-state index is 12.0. The molecule has 2 N–H and O–H groups in total. The molecule has 0 heterocycles. The third-order valence-corrected chi connectivity index (χ3v) is 2.19. The van der Waals surface area contributed by atoms with Gasteiger partial charge in [-0.1, -0.05) is 13.8 Å². The van der Waals surface area contributed by atoms with Crippen LogP contribution in [-0.2, 0) is 0 Å². The highest BCUT2D eigenvalue weighted by atomic mass is 19.4. The SMILES string of the molecule is CCC(N)CCN(CC)CC(F)(F)F. The number of nitrogens with two attached hydrogens (primary N) is 1. The average molecular weight is 212 g/mol. The van der Waals surface area contributed by atoms with Gasteiger partial charge in [0.05, 0.1) is 6.54 Å². The summed E-state index contributed by atoms with van der Waals surface area (Å²) in [6, 6.07) is 0.0114. The number of rotatable bonds is 6. The molecule has 0 saturated carbocycles. The van der Waals surface area contributed by atoms with Gasteiger partial charge in [0.25, 0.3) is 0 Å². The molecule has 14 heavy (non-hydrogen) atoms. The van der Waals surface area contributed by atoms with Crippen LogP contribution in [0.1, 0.15) is 26.7 Å². The predicted octanol–water partition coefficient (Wildman–Crippen LogP) is 2.00. The Labute approximate surface area is 83.3 Å². The largest absolute Gasteiger partial charge is 0.401 e. The molecule has 86 valence electrons. The van der Waals surface area contributed by atoms with Gasteiger partial charge in [0.2, 0.25) is 0 Å². The predicted molar refractivity (Wildman–Crippen MR) is 51.1 cm³/mol. The van der Waals surface area contributed by atoms with Crippen LogP contribution in [0.5, 0.6) is 0 Å². The van der Waals surface area contributed by atoms with Crippen molar-refractivity contribution in [2.75, 3.05) is 19.6 Å². The van der Waals surface area contributed by atoms with Gasteiger partial charge in [-0.2, -0.15) is 13.2 Å². The van der Waals surface area contributed by atoms with Crippen molar-refractivity contribution in [2.45, 2.75) is 38.9 Å². The van der Waals surface area contributed by atoms with E-state index < -0.39 is 12.7 Å². The molecule has 0 aliphatic heterocycles. The topological polar surface area (TPSA) is 29.3 Å². The quantitative estimate of drug-likeness (QED) is 0.729. The lowest BCUT2D eigenvalue weighted by Crippen LogP contribution is -2.37. The fourth-order valence-electron chi connectivity index (χ4n) is 1.16. The molecular formula is C9H19F3N2. The van der Waals surface area contributed by atoms with Gasteiger partial charge >= 0.3 is 6.18 Å². The summed E-state index contributed by atoms with van der Waals surface area (Å²) in [5.41, 5.74) is 5.63. The molecule has 2 nitrogen and oxygen atoms in total. The molecule has 0 aromatic rings. The Bertz CT molecular complexity index is 147. The molecule has 1 atom stereocenters. The van der Waals surface area contributed by atoms with Crippen molar-refractivity contribution in [3.63, 3.8) is 0 Å². The molecule has 0 aromatic carbocycles. The molecule has 0 radical (unpaired) electrons. The highest BCUT2D eigenvalue weighted by molar-refractivity contribution is 4.66. The van der Waals surface area contributed by atoms with E-state index in [9.17, 15) is 13.2 Å². The Morgan fingerprint density at radius 1 is 1.29 bits per heavy atom. The second-order valence-electron chi connectivity index (χ2n) is 3.44. The summed E-state index contributed by atoms with van der Waals surface area (Å²) < 4.78 is 36.1. The summed E-state index contributed by atoms with van der Waals surface area (Å²) in [6.45, 7) is 3.66. The summed E-state index contributed by atoms with van der Waals surface area (Å²) in [6.07, 6.45) is -2.67. The van der Waals surface area contributed by atoms with E-state index in [4.69, 9.17) is 5.73 Å². The van der Waals surface area contributed by atoms with Gasteiger partial charge in [-0.25, -0.2) is 0 Å². The Morgan fingerprint density at radius 2 is 1.86 bits per heavy atom. The van der Waals surface area contributed by atoms with E-state index >= 15 is 0 Å². The molecule has 0 rings (SSSR count). The van der Waals surface area contributed by atoms with Crippen molar-refractivity contribution >= 4 is 0 Å². The third-order valence-electron chi connectivity index (χ3n) is 2.19. The molecule has 0 amide bonds. The number of hydrogen-bond acceptors (Lipinski definition) is 2. The molecule has 0 saturated heterocycles. The zero-order chi connectivity index (χ0) is 11.2. The van der Waals surface area contributed by atoms with Crippen LogP contribution in [0, 0.1) is 0 Å². The van der Waals surface area contributed by atoms with E-state index in [0.29, 0.717) is 19.5 Å². The third kappa shape index (κ3) is 7.15. The van der Waals surface area contributed by atoms with Crippen LogP contribution in [0.3, 0.4) is 0 Å². The summed E-state index contributed by atoms with van der Waals surface area (Å²) in [5, 5.41) is 0. The average Bonchev–Trinajstić information content (AvgIpc) is 2.09. The number of halogens is 3. The van der Waals surface area contributed by atoms with Crippen LogP contribution < -0.4 is 5.73 Å². The highest BCUT2D eigenvalue weighted by Gasteiger charge is 2.29. The molecule has 0 aromatic heterocycles. The van der Waals surface area contributed by atoms with E-state index in [2.05, 4.69) is 0 Å². The molecular weight excluding hydrogens is 193 g/mol. The minimum Gasteiger partial charge on any atom is -0.328 e. The van der Waals surface area contributed by atoms with E-state index in [1.165, 1.54) is 4.90 Å². The molecule has 5 heteroatoms. The number of hydrogen-bond donors (Lipinski definition) is 1. The second-order valence-corrected chi connectivity index (χ2v) is 3.44. The smallest absolute Gasteiger partial charge is 0.328 e. The van der Waals surface area contributed by atoms with Crippen molar-refractivity contribution in [1.82, 2.24) is 4.90 Å². The Kier molecular flexibility index (Phi) is 6.11. The number of alkyl halides is 3. The standard InChI is InChI=1S/C9H19F3N2/c1-3-8(13)5-6-14(4-2)7-9(10,11)12/h8H,3-7,13H2,1-2H3. The second kappa shape index (κ2) is 6.24. The molecule has 1 unspecified atom stereocenters. The normalized spacial score (nSPS) is 14.8. The zero-order valence-corrected chi connectivity index (χ0v) is 8.77. The van der Waals surface area contributed by atoms with Gasteiger partial charge in [0.15, 0.2) is 0 Å². The Morgan fingerprint density at radius 3 is 2.21 bits per heavy atom. The lowest BCUT2D eigenvalue weighted by molar-refractivity contribution is -0.145. The van der Waals surface area contributed by atoms with E-state index in [0.717, 1.165) is 6.42 Å². The van der Waals surface area contributed by atoms with Crippen molar-refractivity contribution in [2.24, 2.45) is 5.73 Å². The minimum atomic E-state index is -4.10. The first-order chi connectivity index (χ1) is 6.39. The van der Waals surface area contributed by atoms with Crippen molar-refractivity contribution in [1.29, 1.82) is 0 Å². The van der Waals surface area contributed by atoms with Gasteiger partial charge in [0.1, 0.15) is 0 Å². The van der Waals surface area contributed by atoms with Gasteiger partial charge in [0, 0.05) is 6.04 Å². The van der Waals surface area contributed by atoms with Gasteiger partial charge in [-0.3, -0.25) is 4.90 Å². The summed E-state index contributed by atoms with van der Waals surface area (Å²) >= 11 is 0. The summed E-state index contributed by atoms with van der Waals surface area (Å²) in [5.74, 6) is 0. The fraction of sp³-hybridized carbons (Fsp3) is 1.00. The monoisotopic (exact) mass is 212 g/mol. The van der Waals surface area contributed by atoms with Gasteiger partial charge in [-0.05, 0) is 25.9 Å². The van der Waals surface area contributed by atoms with E-state index in [-0.39, 0.29) is 6.04 Å². The van der Waals surface area contributed by atoms with Crippen LogP contribution >= 0.6 is 0 Å². The first-order valence-corrected chi connectivity index (χ1v) is 4.93. The van der Waals surface area contributed by atoms with Crippen LogP contribution in [0.15, 0.2) is 0 Å². The van der Waals surface area contributed by atoms with Gasteiger partial charge < -0.3 is 5.73 Å². The van der Waals surface area contributed by atoms with E-state index in [1.54, 1.807) is 6.92 Å². The minimum absolute atomic E-state index is 0.0114. The molecule has 0 spiro atoms. The fourth-order valence-corrected chi connectivity index (χ4v) is 1.16. The lowest BCUT2D eigenvalue weighted by atomic mass is 10.1. The maximum atomic E-state index is 12.0. The summed E-state index contributed by atoms with van der Waals surface area (Å²) in [4.78, 5) is 1.37. The van der Waals surface area contributed by atoms with Gasteiger partial charge in [-0.15, -0.1) is 0 Å². The maximum Gasteiger partial charge on any atom is 0.401 e. The van der Waals surface area contributed by atoms with Crippen molar-refractivity contribution in [3.05, 3.63) is 0 Å². The number of nitrogens with zero attached hydrogens (tertiary/aromatic N) is 1. The van der Waals surface area contributed by atoms with E-state index in [1.807, 2.05) is 6.92 Å². The molecule has 0 aliphatic carbocycles. The Hall–Kier alpha value is -0.290. The first kappa shape index (κ1) is 13.7. The molecule has 0 aliphatic rings. The Balaban J connectivity index is 3.80. The molecule has 0 fully saturated rings. The summed E-state index contributed by atoms with van der Waals surface area (Å²) in [7, 11) is 0.